The molecule has 0 fully saturated rings. The van der Waals surface area contributed by atoms with Crippen molar-refractivity contribution < 1.29 is 9.59 Å². The van der Waals surface area contributed by atoms with Gasteiger partial charge in [-0.25, -0.2) is 0 Å². The van der Waals surface area contributed by atoms with Crippen LogP contribution < -0.4 is 0 Å². The van der Waals surface area contributed by atoms with E-state index in [1.54, 1.807) is 29.2 Å². The molecule has 0 saturated carbocycles. The van der Waals surface area contributed by atoms with Crippen LogP contribution in [-0.2, 0) is 11.3 Å². The number of rotatable bonds is 8. The summed E-state index contributed by atoms with van der Waals surface area (Å²) in [6.45, 7) is 3.15. The Balaban J connectivity index is 1.95. The highest BCUT2D eigenvalue weighted by Crippen LogP contribution is 2.14. The number of Topliss-reactive ketones (excluding diaryl/α,β-unsaturated/α-hetero) is 1. The SMILES string of the molecule is CCCN(Cc1ccc(C#N)cc1)C(=O)CCC(=O)c1ccc(Br)cc1. The summed E-state index contributed by atoms with van der Waals surface area (Å²) < 4.78 is 0.918. The van der Waals surface area contributed by atoms with E-state index in [0.29, 0.717) is 24.2 Å². The van der Waals surface area contributed by atoms with Crippen molar-refractivity contribution in [1.82, 2.24) is 4.90 Å². The van der Waals surface area contributed by atoms with E-state index in [9.17, 15) is 9.59 Å². The Hall–Kier alpha value is -2.45. The van der Waals surface area contributed by atoms with Crippen molar-refractivity contribution >= 4 is 27.6 Å². The van der Waals surface area contributed by atoms with Gasteiger partial charge >= 0.3 is 0 Å². The lowest BCUT2D eigenvalue weighted by atomic mass is 10.1. The molecule has 0 aliphatic rings. The van der Waals surface area contributed by atoms with Gasteiger partial charge in [0.1, 0.15) is 0 Å². The first kappa shape index (κ1) is 19.9. The zero-order valence-corrected chi connectivity index (χ0v) is 16.3. The van der Waals surface area contributed by atoms with E-state index in [0.717, 1.165) is 16.5 Å². The van der Waals surface area contributed by atoms with E-state index in [2.05, 4.69) is 22.0 Å². The van der Waals surface area contributed by atoms with Gasteiger partial charge in [0.05, 0.1) is 11.6 Å². The van der Waals surface area contributed by atoms with Crippen LogP contribution in [0.25, 0.3) is 0 Å². The maximum Gasteiger partial charge on any atom is 0.223 e. The average molecular weight is 413 g/mol. The van der Waals surface area contributed by atoms with Gasteiger partial charge in [-0.3, -0.25) is 9.59 Å². The van der Waals surface area contributed by atoms with E-state index in [-0.39, 0.29) is 24.5 Å². The standard InChI is InChI=1S/C21H21BrN2O2/c1-2-13-24(15-17-5-3-16(14-23)4-6-17)21(26)12-11-20(25)18-7-9-19(22)10-8-18/h3-10H,2,11-13,15H2,1H3. The molecule has 0 aliphatic heterocycles. The Bertz CT molecular complexity index is 792. The maximum atomic E-state index is 12.6. The lowest BCUT2D eigenvalue weighted by molar-refractivity contribution is -0.131. The third-order valence-corrected chi connectivity index (χ3v) is 4.56. The molecule has 2 aromatic rings. The molecule has 2 aromatic carbocycles. The van der Waals surface area contributed by atoms with Gasteiger partial charge < -0.3 is 4.90 Å². The topological polar surface area (TPSA) is 61.2 Å². The van der Waals surface area contributed by atoms with E-state index < -0.39 is 0 Å². The van der Waals surface area contributed by atoms with Crippen molar-refractivity contribution in [2.45, 2.75) is 32.7 Å². The van der Waals surface area contributed by atoms with Crippen LogP contribution in [-0.4, -0.2) is 23.1 Å². The monoisotopic (exact) mass is 412 g/mol. The third-order valence-electron chi connectivity index (χ3n) is 4.03. The second-order valence-electron chi connectivity index (χ2n) is 6.05. The number of benzene rings is 2. The fourth-order valence-electron chi connectivity index (χ4n) is 2.63. The second kappa shape index (κ2) is 9.88. The number of carbonyl (C=O) groups is 2. The molecule has 0 heterocycles. The van der Waals surface area contributed by atoms with Crippen LogP contribution in [0.4, 0.5) is 0 Å². The number of ketones is 1. The van der Waals surface area contributed by atoms with Crippen LogP contribution in [0, 0.1) is 11.3 Å². The van der Waals surface area contributed by atoms with Crippen LogP contribution in [0.1, 0.15) is 47.7 Å². The summed E-state index contributed by atoms with van der Waals surface area (Å²) in [4.78, 5) is 26.6. The summed E-state index contributed by atoms with van der Waals surface area (Å²) in [5, 5.41) is 8.86. The molecule has 134 valence electrons. The van der Waals surface area contributed by atoms with Gasteiger partial charge in [0, 0.05) is 36.0 Å². The number of hydrogen-bond donors (Lipinski definition) is 0. The van der Waals surface area contributed by atoms with E-state index in [1.807, 2.05) is 31.2 Å². The Kier molecular flexibility index (Phi) is 7.55. The lowest BCUT2D eigenvalue weighted by Crippen LogP contribution is -2.31. The summed E-state index contributed by atoms with van der Waals surface area (Å²) in [7, 11) is 0. The zero-order valence-electron chi connectivity index (χ0n) is 14.7. The Labute approximate surface area is 162 Å². The van der Waals surface area contributed by atoms with Gasteiger partial charge in [0.25, 0.3) is 0 Å². The van der Waals surface area contributed by atoms with Crippen molar-refractivity contribution in [3.8, 4) is 6.07 Å². The highest BCUT2D eigenvalue weighted by molar-refractivity contribution is 9.10. The second-order valence-corrected chi connectivity index (χ2v) is 6.97. The van der Waals surface area contributed by atoms with E-state index >= 15 is 0 Å². The van der Waals surface area contributed by atoms with Crippen LogP contribution in [0.5, 0.6) is 0 Å². The zero-order chi connectivity index (χ0) is 18.9. The largest absolute Gasteiger partial charge is 0.338 e. The van der Waals surface area contributed by atoms with Gasteiger partial charge in [-0.15, -0.1) is 0 Å². The lowest BCUT2D eigenvalue weighted by Gasteiger charge is -2.22. The third kappa shape index (κ3) is 5.82. The molecule has 2 rings (SSSR count). The van der Waals surface area contributed by atoms with Crippen molar-refractivity contribution in [2.24, 2.45) is 0 Å². The van der Waals surface area contributed by atoms with Crippen molar-refractivity contribution in [3.63, 3.8) is 0 Å². The minimum Gasteiger partial charge on any atom is -0.338 e. The smallest absolute Gasteiger partial charge is 0.223 e. The molecule has 0 bridgehead atoms. The molecule has 0 N–H and O–H groups in total. The molecule has 1 amide bonds. The average Bonchev–Trinajstić information content (AvgIpc) is 2.66. The molecule has 0 radical (unpaired) electrons. The van der Waals surface area contributed by atoms with E-state index in [1.165, 1.54) is 0 Å². The van der Waals surface area contributed by atoms with Gasteiger partial charge in [0.2, 0.25) is 5.91 Å². The molecular formula is C21H21BrN2O2. The molecule has 0 spiro atoms. The number of nitrogens with zero attached hydrogens (tertiary/aromatic N) is 2. The quantitative estimate of drug-likeness (QED) is 0.589. The van der Waals surface area contributed by atoms with E-state index in [4.69, 9.17) is 5.26 Å². The first-order valence-corrected chi connectivity index (χ1v) is 9.38. The normalized spacial score (nSPS) is 10.2. The molecule has 4 nitrogen and oxygen atoms in total. The fourth-order valence-corrected chi connectivity index (χ4v) is 2.89. The Morgan fingerprint density at radius 2 is 1.69 bits per heavy atom. The molecule has 0 unspecified atom stereocenters. The van der Waals surface area contributed by atoms with Crippen LogP contribution in [0.15, 0.2) is 53.0 Å². The summed E-state index contributed by atoms with van der Waals surface area (Å²) in [5.41, 5.74) is 2.20. The molecular weight excluding hydrogens is 392 g/mol. The number of carbonyl (C=O) groups excluding carboxylic acids is 2. The summed E-state index contributed by atoms with van der Waals surface area (Å²) in [6, 6.07) is 16.5. The highest BCUT2D eigenvalue weighted by Gasteiger charge is 2.16. The molecule has 0 saturated heterocycles. The number of hydrogen-bond acceptors (Lipinski definition) is 3. The first-order valence-electron chi connectivity index (χ1n) is 8.59. The minimum atomic E-state index is -0.0272. The van der Waals surface area contributed by atoms with Crippen LogP contribution in [0.2, 0.25) is 0 Å². The summed E-state index contributed by atoms with van der Waals surface area (Å²) in [6.07, 6.45) is 1.25. The number of halogens is 1. The van der Waals surface area contributed by atoms with Crippen molar-refractivity contribution in [1.29, 1.82) is 5.26 Å². The predicted molar refractivity (Wildman–Crippen MR) is 105 cm³/mol. The Morgan fingerprint density at radius 1 is 1.04 bits per heavy atom. The fraction of sp³-hybridized carbons (Fsp3) is 0.286. The van der Waals surface area contributed by atoms with Crippen molar-refractivity contribution in [2.75, 3.05) is 6.54 Å². The highest BCUT2D eigenvalue weighted by atomic mass is 79.9. The van der Waals surface area contributed by atoms with Gasteiger partial charge in [-0.05, 0) is 36.2 Å². The van der Waals surface area contributed by atoms with Crippen LogP contribution in [0.3, 0.4) is 0 Å². The maximum absolute atomic E-state index is 12.6. The van der Waals surface area contributed by atoms with Crippen molar-refractivity contribution in [3.05, 3.63) is 69.7 Å². The molecule has 0 aromatic heterocycles. The molecule has 26 heavy (non-hydrogen) atoms. The summed E-state index contributed by atoms with van der Waals surface area (Å²) >= 11 is 3.34. The number of nitriles is 1. The van der Waals surface area contributed by atoms with Crippen LogP contribution >= 0.6 is 15.9 Å². The Morgan fingerprint density at radius 3 is 2.27 bits per heavy atom. The van der Waals surface area contributed by atoms with Gasteiger partial charge in [-0.2, -0.15) is 5.26 Å². The molecule has 0 atom stereocenters. The molecule has 5 heteroatoms. The van der Waals surface area contributed by atoms with Gasteiger partial charge in [0.15, 0.2) is 5.78 Å². The summed E-state index contributed by atoms with van der Waals surface area (Å²) in [5.74, 6) is -0.0534. The number of amides is 1. The molecule has 0 aliphatic carbocycles. The minimum absolute atomic E-state index is 0.0262. The first-order chi connectivity index (χ1) is 12.5. The predicted octanol–water partition coefficient (Wildman–Crippen LogP) is 4.72. The van der Waals surface area contributed by atoms with Gasteiger partial charge in [-0.1, -0.05) is 47.1 Å².